The molecule has 98 valence electrons. The Hall–Kier alpha value is -0.0000000000000000555. The van der Waals surface area contributed by atoms with E-state index in [-0.39, 0.29) is 24.6 Å². The summed E-state index contributed by atoms with van der Waals surface area (Å²) in [4.78, 5) is 0. The van der Waals surface area contributed by atoms with Crippen LogP contribution in [-0.4, -0.2) is 31.4 Å². The normalized spacial score (nSPS) is 15.2. The molecule has 16 heavy (non-hydrogen) atoms. The Labute approximate surface area is 99.5 Å². The van der Waals surface area contributed by atoms with Gasteiger partial charge < -0.3 is 5.32 Å². The van der Waals surface area contributed by atoms with E-state index in [1.54, 1.807) is 0 Å². The van der Waals surface area contributed by atoms with Crippen LogP contribution in [-0.2, 0) is 4.74 Å². The lowest BCUT2D eigenvalue weighted by Gasteiger charge is -2.31. The molecular weight excluding hydrogens is 243 g/mol. The van der Waals surface area contributed by atoms with Gasteiger partial charge in [-0.3, -0.25) is 4.74 Å². The third-order valence-corrected chi connectivity index (χ3v) is 2.42. The number of halogens is 4. The molecule has 0 aliphatic carbocycles. The summed E-state index contributed by atoms with van der Waals surface area (Å²) in [5, 5.41) is 3.02. The maximum atomic E-state index is 11.7. The van der Waals surface area contributed by atoms with Crippen LogP contribution in [0.3, 0.4) is 0 Å². The summed E-state index contributed by atoms with van der Waals surface area (Å²) < 4.78 is 38.7. The molecule has 1 atom stereocenters. The fourth-order valence-electron chi connectivity index (χ4n) is 1.35. The predicted molar refractivity (Wildman–Crippen MR) is 58.6 cm³/mol. The van der Waals surface area contributed by atoms with Gasteiger partial charge in [0.25, 0.3) is 0 Å². The Bertz CT molecular complexity index is 191. The van der Waals surface area contributed by atoms with Crippen molar-refractivity contribution in [2.75, 3.05) is 19.0 Å². The number of nitrogens with one attached hydrogen (secondary N) is 1. The molecular formula is C10H19ClF3NO. The van der Waals surface area contributed by atoms with Crippen LogP contribution in [0.15, 0.2) is 0 Å². The van der Waals surface area contributed by atoms with Gasteiger partial charge >= 0.3 is 6.36 Å². The third kappa shape index (κ3) is 8.19. The standard InChI is InChI=1S/C10H19ClF3NO/c1-9(2,3)8(4-5-11)15-6-7-16-10(12,13)14/h8,15H,4-7H2,1-3H3. The zero-order valence-corrected chi connectivity index (χ0v) is 10.6. The quantitative estimate of drug-likeness (QED) is 0.586. The van der Waals surface area contributed by atoms with Crippen molar-refractivity contribution in [3.63, 3.8) is 0 Å². The van der Waals surface area contributed by atoms with Crippen LogP contribution < -0.4 is 5.32 Å². The van der Waals surface area contributed by atoms with E-state index >= 15 is 0 Å². The Morgan fingerprint density at radius 1 is 1.25 bits per heavy atom. The minimum absolute atomic E-state index is 0.0346. The highest BCUT2D eigenvalue weighted by atomic mass is 35.5. The molecule has 0 fully saturated rings. The highest BCUT2D eigenvalue weighted by molar-refractivity contribution is 6.17. The maximum absolute atomic E-state index is 11.7. The van der Waals surface area contributed by atoms with E-state index in [0.29, 0.717) is 5.88 Å². The van der Waals surface area contributed by atoms with Gasteiger partial charge in [-0.1, -0.05) is 20.8 Å². The van der Waals surface area contributed by atoms with E-state index < -0.39 is 6.36 Å². The molecule has 0 spiro atoms. The number of ether oxygens (including phenoxy) is 1. The van der Waals surface area contributed by atoms with Crippen molar-refractivity contribution in [3.8, 4) is 0 Å². The summed E-state index contributed by atoms with van der Waals surface area (Å²) in [5.41, 5.74) is -0.0346. The lowest BCUT2D eigenvalue weighted by Crippen LogP contribution is -2.42. The van der Waals surface area contributed by atoms with Gasteiger partial charge in [0.1, 0.15) is 0 Å². The van der Waals surface area contributed by atoms with Crippen molar-refractivity contribution in [2.45, 2.75) is 39.6 Å². The molecule has 2 nitrogen and oxygen atoms in total. The molecule has 0 saturated carbocycles. The predicted octanol–water partition coefficient (Wildman–Crippen LogP) is 3.16. The van der Waals surface area contributed by atoms with E-state index in [1.807, 2.05) is 20.8 Å². The molecule has 0 rings (SSSR count). The van der Waals surface area contributed by atoms with Crippen molar-refractivity contribution in [3.05, 3.63) is 0 Å². The zero-order valence-electron chi connectivity index (χ0n) is 9.83. The molecule has 0 aromatic rings. The first kappa shape index (κ1) is 16.0. The lowest BCUT2D eigenvalue weighted by atomic mass is 9.85. The van der Waals surface area contributed by atoms with Crippen LogP contribution in [0, 0.1) is 5.41 Å². The second-order valence-corrected chi connectivity index (χ2v) is 5.02. The van der Waals surface area contributed by atoms with Gasteiger partial charge in [0.15, 0.2) is 0 Å². The topological polar surface area (TPSA) is 21.3 Å². The monoisotopic (exact) mass is 261 g/mol. The smallest absolute Gasteiger partial charge is 0.311 e. The molecule has 0 aliphatic heterocycles. The maximum Gasteiger partial charge on any atom is 0.522 e. The van der Waals surface area contributed by atoms with Crippen LogP contribution in [0.2, 0.25) is 0 Å². The summed E-state index contributed by atoms with van der Waals surface area (Å²) >= 11 is 5.64. The number of rotatable bonds is 6. The van der Waals surface area contributed by atoms with E-state index in [2.05, 4.69) is 10.1 Å². The van der Waals surface area contributed by atoms with Gasteiger partial charge in [0, 0.05) is 18.5 Å². The largest absolute Gasteiger partial charge is 0.522 e. The fraction of sp³-hybridized carbons (Fsp3) is 1.00. The van der Waals surface area contributed by atoms with Crippen LogP contribution in [0.25, 0.3) is 0 Å². The van der Waals surface area contributed by atoms with Gasteiger partial charge in [0.2, 0.25) is 0 Å². The van der Waals surface area contributed by atoms with Crippen LogP contribution in [0.4, 0.5) is 13.2 Å². The van der Waals surface area contributed by atoms with E-state index in [0.717, 1.165) is 6.42 Å². The van der Waals surface area contributed by atoms with Crippen molar-refractivity contribution < 1.29 is 17.9 Å². The van der Waals surface area contributed by atoms with Crippen molar-refractivity contribution in [1.82, 2.24) is 5.32 Å². The first-order chi connectivity index (χ1) is 7.17. The molecule has 0 aliphatic rings. The number of hydrogen-bond acceptors (Lipinski definition) is 2. The van der Waals surface area contributed by atoms with Gasteiger partial charge in [-0.15, -0.1) is 24.8 Å². The zero-order chi connectivity index (χ0) is 12.8. The molecule has 0 heterocycles. The molecule has 0 aromatic heterocycles. The average molecular weight is 262 g/mol. The number of hydrogen-bond donors (Lipinski definition) is 1. The van der Waals surface area contributed by atoms with Gasteiger partial charge in [-0.25, -0.2) is 0 Å². The third-order valence-electron chi connectivity index (χ3n) is 2.20. The Balaban J connectivity index is 3.86. The fourth-order valence-corrected chi connectivity index (χ4v) is 1.57. The highest BCUT2D eigenvalue weighted by Gasteiger charge is 2.29. The SMILES string of the molecule is CC(C)(C)C(CCCl)NCCOC(F)(F)F. The van der Waals surface area contributed by atoms with Crippen molar-refractivity contribution >= 4 is 11.6 Å². The van der Waals surface area contributed by atoms with Crippen LogP contribution in [0.5, 0.6) is 0 Å². The first-order valence-corrected chi connectivity index (χ1v) is 5.70. The second-order valence-electron chi connectivity index (χ2n) is 4.64. The summed E-state index contributed by atoms with van der Waals surface area (Å²) in [6.45, 7) is 5.84. The summed E-state index contributed by atoms with van der Waals surface area (Å²) in [7, 11) is 0. The van der Waals surface area contributed by atoms with Crippen molar-refractivity contribution in [1.29, 1.82) is 0 Å². The molecule has 0 saturated heterocycles. The highest BCUT2D eigenvalue weighted by Crippen LogP contribution is 2.22. The molecule has 0 bridgehead atoms. The molecule has 0 radical (unpaired) electrons. The number of alkyl halides is 4. The lowest BCUT2D eigenvalue weighted by molar-refractivity contribution is -0.323. The van der Waals surface area contributed by atoms with Crippen LogP contribution in [0.1, 0.15) is 27.2 Å². The second kappa shape index (κ2) is 6.67. The first-order valence-electron chi connectivity index (χ1n) is 5.17. The Kier molecular flexibility index (Phi) is 6.67. The molecule has 6 heteroatoms. The molecule has 1 N–H and O–H groups in total. The molecule has 0 aromatic carbocycles. The van der Waals surface area contributed by atoms with E-state index in [4.69, 9.17) is 11.6 Å². The Morgan fingerprint density at radius 2 is 1.81 bits per heavy atom. The van der Waals surface area contributed by atoms with Crippen molar-refractivity contribution in [2.24, 2.45) is 5.41 Å². The van der Waals surface area contributed by atoms with Gasteiger partial charge in [0.05, 0.1) is 6.61 Å². The molecule has 1 unspecified atom stereocenters. The molecule has 0 amide bonds. The van der Waals surface area contributed by atoms with E-state index in [9.17, 15) is 13.2 Å². The Morgan fingerprint density at radius 3 is 2.19 bits per heavy atom. The van der Waals surface area contributed by atoms with Gasteiger partial charge in [-0.05, 0) is 11.8 Å². The average Bonchev–Trinajstić information content (AvgIpc) is 2.06. The summed E-state index contributed by atoms with van der Waals surface area (Å²) in [6, 6.07) is 0.0850. The summed E-state index contributed by atoms with van der Waals surface area (Å²) in [6.07, 6.45) is -3.83. The summed E-state index contributed by atoms with van der Waals surface area (Å²) in [5.74, 6) is 0.481. The minimum Gasteiger partial charge on any atom is -0.311 e. The minimum atomic E-state index is -4.55. The van der Waals surface area contributed by atoms with Crippen LogP contribution >= 0.6 is 11.6 Å². The van der Waals surface area contributed by atoms with Gasteiger partial charge in [-0.2, -0.15) is 0 Å². The van der Waals surface area contributed by atoms with E-state index in [1.165, 1.54) is 0 Å².